The summed E-state index contributed by atoms with van der Waals surface area (Å²) in [5, 5.41) is 10.8. The van der Waals surface area contributed by atoms with E-state index in [-0.39, 0.29) is 11.5 Å². The summed E-state index contributed by atoms with van der Waals surface area (Å²) in [5.41, 5.74) is -0.266. The summed E-state index contributed by atoms with van der Waals surface area (Å²) in [6, 6.07) is 0. The van der Waals surface area contributed by atoms with E-state index in [2.05, 4.69) is 4.52 Å². The molecule has 54 valence electrons. The average Bonchev–Trinajstić information content (AvgIpc) is 2.20. The minimum atomic E-state index is -0.421. The van der Waals surface area contributed by atoms with Crippen molar-refractivity contribution in [1.29, 1.82) is 0 Å². The first kappa shape index (κ1) is 6.67. The lowest BCUT2D eigenvalue weighted by Gasteiger charge is -1.79. The van der Waals surface area contributed by atoms with Crippen LogP contribution in [0.2, 0.25) is 0 Å². The topological polar surface area (TPSA) is 66.2 Å². The van der Waals surface area contributed by atoms with Crippen molar-refractivity contribution < 1.29 is 9.63 Å². The molecule has 1 aromatic heterocycles. The summed E-state index contributed by atoms with van der Waals surface area (Å²) in [5.74, 6) is -0.372. The van der Waals surface area contributed by atoms with Crippen molar-refractivity contribution in [2.75, 3.05) is 0 Å². The van der Waals surface area contributed by atoms with Crippen LogP contribution in [0, 0.1) is 0 Å². The number of hydrogen-bond acceptors (Lipinski definition) is 3. The number of aromatic nitrogens is 1. The van der Waals surface area contributed by atoms with E-state index in [1.807, 2.05) is 5.16 Å². The second-order valence-electron chi connectivity index (χ2n) is 1.75. The van der Waals surface area contributed by atoms with E-state index in [9.17, 15) is 4.79 Å². The van der Waals surface area contributed by atoms with Crippen LogP contribution in [0.4, 0.5) is 0 Å². The lowest BCUT2D eigenvalue weighted by Crippen LogP contribution is -1.99. The Morgan fingerprint density at radius 3 is 2.80 bits per heavy atom. The molecule has 0 fully saturated rings. The van der Waals surface area contributed by atoms with Gasteiger partial charge in [-0.25, -0.2) is 0 Å². The predicted molar refractivity (Wildman–Crippen MR) is 35.7 cm³/mol. The lowest BCUT2D eigenvalue weighted by molar-refractivity contribution is 0.275. The molecule has 0 spiro atoms. The molecule has 0 saturated carbocycles. The first-order chi connectivity index (χ1) is 4.75. The molecule has 0 aromatic carbocycles. The average molecular weight is 141 g/mol. The molecule has 4 nitrogen and oxygen atoms in total. The van der Waals surface area contributed by atoms with E-state index in [0.717, 1.165) is 0 Å². The van der Waals surface area contributed by atoms with Gasteiger partial charge in [-0.1, -0.05) is 6.08 Å². The SMILES string of the molecule is C/C=C/c1c(O)o[nH]c1=O. The van der Waals surface area contributed by atoms with Crippen LogP contribution in [0.25, 0.3) is 6.08 Å². The minimum absolute atomic E-state index is 0.155. The van der Waals surface area contributed by atoms with E-state index in [4.69, 9.17) is 5.11 Å². The van der Waals surface area contributed by atoms with Gasteiger partial charge in [0, 0.05) is 0 Å². The summed E-state index contributed by atoms with van der Waals surface area (Å²) < 4.78 is 4.31. The van der Waals surface area contributed by atoms with Crippen LogP contribution in [0.5, 0.6) is 5.95 Å². The second-order valence-corrected chi connectivity index (χ2v) is 1.75. The number of nitrogens with one attached hydrogen (secondary N) is 1. The third-order valence-corrected chi connectivity index (χ3v) is 1.05. The fourth-order valence-corrected chi connectivity index (χ4v) is 0.615. The van der Waals surface area contributed by atoms with Crippen molar-refractivity contribution in [2.45, 2.75) is 6.92 Å². The summed E-state index contributed by atoms with van der Waals surface area (Å²) in [4.78, 5) is 10.7. The van der Waals surface area contributed by atoms with Gasteiger partial charge in [0.1, 0.15) is 5.56 Å². The van der Waals surface area contributed by atoms with Crippen LogP contribution >= 0.6 is 0 Å². The van der Waals surface area contributed by atoms with Crippen LogP contribution in [-0.4, -0.2) is 10.3 Å². The zero-order chi connectivity index (χ0) is 7.56. The number of aromatic amines is 1. The van der Waals surface area contributed by atoms with Crippen LogP contribution in [0.15, 0.2) is 15.4 Å². The van der Waals surface area contributed by atoms with Gasteiger partial charge in [0.25, 0.3) is 5.56 Å². The number of H-pyrrole nitrogens is 1. The van der Waals surface area contributed by atoms with Gasteiger partial charge < -0.3 is 9.63 Å². The maximum atomic E-state index is 10.7. The lowest BCUT2D eigenvalue weighted by atomic mass is 10.3. The molecule has 0 radical (unpaired) electrons. The Morgan fingerprint density at radius 2 is 2.40 bits per heavy atom. The van der Waals surface area contributed by atoms with E-state index in [1.54, 1.807) is 13.0 Å². The molecular weight excluding hydrogens is 134 g/mol. The van der Waals surface area contributed by atoms with E-state index < -0.39 is 5.56 Å². The Hall–Kier alpha value is -1.45. The zero-order valence-corrected chi connectivity index (χ0v) is 5.42. The molecule has 0 atom stereocenters. The quantitative estimate of drug-likeness (QED) is 0.605. The normalized spacial score (nSPS) is 10.9. The Balaban J connectivity index is 3.23. The van der Waals surface area contributed by atoms with Crippen LogP contribution in [-0.2, 0) is 0 Å². The highest BCUT2D eigenvalue weighted by Crippen LogP contribution is 2.11. The highest BCUT2D eigenvalue weighted by atomic mass is 16.6. The summed E-state index contributed by atoms with van der Waals surface area (Å²) >= 11 is 0. The summed E-state index contributed by atoms with van der Waals surface area (Å²) in [6.45, 7) is 1.74. The number of hydrogen-bond donors (Lipinski definition) is 2. The van der Waals surface area contributed by atoms with Crippen LogP contribution in [0.3, 0.4) is 0 Å². The summed E-state index contributed by atoms with van der Waals surface area (Å²) in [6.07, 6.45) is 3.11. The van der Waals surface area contributed by atoms with Crippen molar-refractivity contribution in [3.63, 3.8) is 0 Å². The standard InChI is InChI=1S/C6H7NO3/c1-2-3-4-5(8)7-10-6(4)9/h2-3,9H,1H3,(H,7,8)/b3-2+. The van der Waals surface area contributed by atoms with Gasteiger partial charge in [-0.05, 0) is 13.0 Å². The maximum absolute atomic E-state index is 10.7. The van der Waals surface area contributed by atoms with Gasteiger partial charge in [-0.2, -0.15) is 5.16 Å². The number of allylic oxidation sites excluding steroid dienone is 1. The Labute approximate surface area is 56.8 Å². The van der Waals surface area contributed by atoms with Gasteiger partial charge in [0.15, 0.2) is 0 Å². The van der Waals surface area contributed by atoms with Crippen molar-refractivity contribution in [2.24, 2.45) is 0 Å². The monoisotopic (exact) mass is 141 g/mol. The molecule has 1 heterocycles. The third-order valence-electron chi connectivity index (χ3n) is 1.05. The van der Waals surface area contributed by atoms with Crippen molar-refractivity contribution >= 4 is 6.08 Å². The van der Waals surface area contributed by atoms with Crippen LogP contribution < -0.4 is 5.56 Å². The minimum Gasteiger partial charge on any atom is -0.479 e. The smallest absolute Gasteiger partial charge is 0.317 e. The molecule has 0 saturated heterocycles. The first-order valence-electron chi connectivity index (χ1n) is 2.79. The molecule has 2 N–H and O–H groups in total. The fourth-order valence-electron chi connectivity index (χ4n) is 0.615. The Morgan fingerprint density at radius 1 is 1.70 bits per heavy atom. The molecule has 0 aliphatic heterocycles. The zero-order valence-electron chi connectivity index (χ0n) is 5.42. The Bertz CT molecular complexity index is 294. The molecule has 0 aliphatic rings. The molecule has 0 bridgehead atoms. The maximum Gasteiger partial charge on any atom is 0.317 e. The Kier molecular flexibility index (Phi) is 1.62. The van der Waals surface area contributed by atoms with Crippen LogP contribution in [0.1, 0.15) is 12.5 Å². The number of rotatable bonds is 1. The molecule has 0 unspecified atom stereocenters. The number of aromatic hydroxyl groups is 1. The second kappa shape index (κ2) is 2.43. The van der Waals surface area contributed by atoms with Gasteiger partial charge in [-0.15, -0.1) is 0 Å². The van der Waals surface area contributed by atoms with Gasteiger partial charge >= 0.3 is 5.95 Å². The van der Waals surface area contributed by atoms with E-state index in [1.165, 1.54) is 6.08 Å². The molecule has 4 heteroatoms. The molecule has 0 amide bonds. The third kappa shape index (κ3) is 0.953. The fraction of sp³-hybridized carbons (Fsp3) is 0.167. The molecule has 1 aromatic rings. The van der Waals surface area contributed by atoms with Gasteiger partial charge in [0.05, 0.1) is 0 Å². The molecule has 10 heavy (non-hydrogen) atoms. The highest BCUT2D eigenvalue weighted by Gasteiger charge is 2.05. The molecular formula is C6H7NO3. The van der Waals surface area contributed by atoms with E-state index >= 15 is 0 Å². The summed E-state index contributed by atoms with van der Waals surface area (Å²) in [7, 11) is 0. The molecule has 1 rings (SSSR count). The van der Waals surface area contributed by atoms with Crippen molar-refractivity contribution in [3.05, 3.63) is 22.0 Å². The largest absolute Gasteiger partial charge is 0.479 e. The highest BCUT2D eigenvalue weighted by molar-refractivity contribution is 5.51. The van der Waals surface area contributed by atoms with Crippen molar-refractivity contribution in [1.82, 2.24) is 5.16 Å². The van der Waals surface area contributed by atoms with Crippen molar-refractivity contribution in [3.8, 4) is 5.95 Å². The van der Waals surface area contributed by atoms with E-state index in [0.29, 0.717) is 0 Å². The molecule has 0 aliphatic carbocycles. The van der Waals surface area contributed by atoms with Gasteiger partial charge in [-0.3, -0.25) is 4.79 Å². The first-order valence-corrected chi connectivity index (χ1v) is 2.79. The van der Waals surface area contributed by atoms with Gasteiger partial charge in [0.2, 0.25) is 0 Å². The predicted octanol–water partition coefficient (Wildman–Crippen LogP) is 0.707.